The molecule has 0 aromatic heterocycles. The number of nitrogens with zero attached hydrogens (tertiary/aromatic N) is 1. The molecule has 0 aliphatic rings. The highest BCUT2D eigenvalue weighted by molar-refractivity contribution is 6.30. The van der Waals surface area contributed by atoms with Gasteiger partial charge in [-0.05, 0) is 44.0 Å². The molecule has 1 aromatic rings. The lowest BCUT2D eigenvalue weighted by atomic mass is 9.96. The summed E-state index contributed by atoms with van der Waals surface area (Å²) in [6.07, 6.45) is 0.694. The zero-order valence-corrected chi connectivity index (χ0v) is 15.8. The Balaban J connectivity index is 3.02. The van der Waals surface area contributed by atoms with E-state index >= 15 is 0 Å². The monoisotopic (exact) mass is 367 g/mol. The Morgan fingerprint density at radius 2 is 1.72 bits per heavy atom. The molecule has 0 bridgehead atoms. The zero-order chi connectivity index (χ0) is 19.1. The van der Waals surface area contributed by atoms with Gasteiger partial charge in [-0.3, -0.25) is 14.4 Å². The highest BCUT2D eigenvalue weighted by atomic mass is 35.5. The Morgan fingerprint density at radius 1 is 1.16 bits per heavy atom. The third kappa shape index (κ3) is 6.05. The first-order chi connectivity index (χ1) is 11.7. The van der Waals surface area contributed by atoms with E-state index in [2.05, 4.69) is 5.32 Å². The molecule has 6 nitrogen and oxygen atoms in total. The van der Waals surface area contributed by atoms with Crippen LogP contribution in [0.5, 0.6) is 0 Å². The lowest BCUT2D eigenvalue weighted by Gasteiger charge is -2.32. The standard InChI is InChI=1S/C18H26ClN3O3/c1-5-12(4)16(18(25)22(11(2)3)10-15(20)23)21-17(24)13-6-8-14(19)9-7-13/h6-9,11-12,16H,5,10H2,1-4H3,(H2,20,23)(H,21,24)/t12-,16-/m0/s1. The highest BCUT2D eigenvalue weighted by Crippen LogP contribution is 2.15. The average Bonchev–Trinajstić information content (AvgIpc) is 2.56. The molecule has 0 saturated carbocycles. The van der Waals surface area contributed by atoms with Crippen molar-refractivity contribution in [2.24, 2.45) is 11.7 Å². The predicted molar refractivity (Wildman–Crippen MR) is 98.2 cm³/mol. The van der Waals surface area contributed by atoms with Crippen molar-refractivity contribution < 1.29 is 14.4 Å². The summed E-state index contributed by atoms with van der Waals surface area (Å²) in [7, 11) is 0. The fourth-order valence-electron chi connectivity index (χ4n) is 2.37. The normalized spacial score (nSPS) is 13.2. The van der Waals surface area contributed by atoms with Crippen LogP contribution in [0.25, 0.3) is 0 Å². The molecule has 3 N–H and O–H groups in total. The fourth-order valence-corrected chi connectivity index (χ4v) is 2.50. The second-order valence-electron chi connectivity index (χ2n) is 6.37. The van der Waals surface area contributed by atoms with Gasteiger partial charge in [-0.25, -0.2) is 0 Å². The summed E-state index contributed by atoms with van der Waals surface area (Å²) in [5.74, 6) is -1.37. The summed E-state index contributed by atoms with van der Waals surface area (Å²) in [4.78, 5) is 38.1. The van der Waals surface area contributed by atoms with Crippen LogP contribution in [0.2, 0.25) is 5.02 Å². The van der Waals surface area contributed by atoms with Gasteiger partial charge in [-0.2, -0.15) is 0 Å². The summed E-state index contributed by atoms with van der Waals surface area (Å²) < 4.78 is 0. The Kier molecular flexibility index (Phi) is 7.90. The first kappa shape index (κ1) is 21.0. The number of hydrogen-bond donors (Lipinski definition) is 2. The van der Waals surface area contributed by atoms with Crippen molar-refractivity contribution in [3.05, 3.63) is 34.9 Å². The number of primary amides is 1. The first-order valence-corrected chi connectivity index (χ1v) is 8.70. The first-order valence-electron chi connectivity index (χ1n) is 8.32. The largest absolute Gasteiger partial charge is 0.368 e. The van der Waals surface area contributed by atoms with Gasteiger partial charge in [0, 0.05) is 16.6 Å². The van der Waals surface area contributed by atoms with Crippen LogP contribution in [0, 0.1) is 5.92 Å². The molecule has 3 amide bonds. The average molecular weight is 368 g/mol. The van der Waals surface area contributed by atoms with E-state index in [1.165, 1.54) is 4.90 Å². The van der Waals surface area contributed by atoms with Gasteiger partial charge in [0.1, 0.15) is 6.04 Å². The van der Waals surface area contributed by atoms with Crippen molar-refractivity contribution in [1.29, 1.82) is 0 Å². The van der Waals surface area contributed by atoms with Crippen LogP contribution in [0.1, 0.15) is 44.5 Å². The molecule has 138 valence electrons. The van der Waals surface area contributed by atoms with Crippen molar-refractivity contribution in [3.8, 4) is 0 Å². The molecule has 0 saturated heterocycles. The van der Waals surface area contributed by atoms with E-state index in [9.17, 15) is 14.4 Å². The molecule has 1 rings (SSSR count). The Hall–Kier alpha value is -2.08. The molecule has 0 heterocycles. The molecule has 0 unspecified atom stereocenters. The summed E-state index contributed by atoms with van der Waals surface area (Å²) >= 11 is 5.83. The van der Waals surface area contributed by atoms with E-state index in [0.29, 0.717) is 17.0 Å². The number of halogens is 1. The minimum absolute atomic E-state index is 0.0992. The highest BCUT2D eigenvalue weighted by Gasteiger charge is 2.32. The van der Waals surface area contributed by atoms with Gasteiger partial charge in [-0.15, -0.1) is 0 Å². The third-order valence-electron chi connectivity index (χ3n) is 4.10. The van der Waals surface area contributed by atoms with E-state index < -0.39 is 11.9 Å². The molecule has 0 aliphatic heterocycles. The van der Waals surface area contributed by atoms with E-state index in [4.69, 9.17) is 17.3 Å². The smallest absolute Gasteiger partial charge is 0.251 e. The predicted octanol–water partition coefficient (Wildman–Crippen LogP) is 2.21. The van der Waals surface area contributed by atoms with Gasteiger partial charge in [-0.1, -0.05) is 31.9 Å². The molecule has 7 heteroatoms. The second-order valence-corrected chi connectivity index (χ2v) is 6.81. The molecular weight excluding hydrogens is 342 g/mol. The van der Waals surface area contributed by atoms with Crippen LogP contribution in [0.15, 0.2) is 24.3 Å². The van der Waals surface area contributed by atoms with E-state index in [-0.39, 0.29) is 30.3 Å². The number of amides is 3. The molecule has 0 fully saturated rings. The van der Waals surface area contributed by atoms with Crippen LogP contribution in [0.3, 0.4) is 0 Å². The van der Waals surface area contributed by atoms with Crippen molar-refractivity contribution in [2.45, 2.75) is 46.2 Å². The number of nitrogens with two attached hydrogens (primary N) is 1. The van der Waals surface area contributed by atoms with Gasteiger partial charge in [0.15, 0.2) is 0 Å². The maximum atomic E-state index is 12.9. The number of benzene rings is 1. The molecular formula is C18H26ClN3O3. The summed E-state index contributed by atoms with van der Waals surface area (Å²) in [6.45, 7) is 7.24. The van der Waals surface area contributed by atoms with Gasteiger partial charge in [0.05, 0.1) is 6.54 Å². The third-order valence-corrected chi connectivity index (χ3v) is 4.36. The van der Waals surface area contributed by atoms with Crippen molar-refractivity contribution in [2.75, 3.05) is 6.54 Å². The van der Waals surface area contributed by atoms with Crippen LogP contribution < -0.4 is 11.1 Å². The maximum Gasteiger partial charge on any atom is 0.251 e. The number of carbonyl (C=O) groups excluding carboxylic acids is 3. The Bertz CT molecular complexity index is 616. The topological polar surface area (TPSA) is 92.5 Å². The van der Waals surface area contributed by atoms with Crippen LogP contribution in [-0.4, -0.2) is 41.2 Å². The SMILES string of the molecule is CC[C@H](C)[C@H](NC(=O)c1ccc(Cl)cc1)C(=O)N(CC(N)=O)C(C)C. The Morgan fingerprint density at radius 3 is 2.16 bits per heavy atom. The minimum Gasteiger partial charge on any atom is -0.368 e. The Labute approximate surface area is 153 Å². The summed E-state index contributed by atoms with van der Waals surface area (Å²) in [5, 5.41) is 3.31. The minimum atomic E-state index is -0.741. The number of carbonyl (C=O) groups is 3. The summed E-state index contributed by atoms with van der Waals surface area (Å²) in [6, 6.07) is 5.47. The van der Waals surface area contributed by atoms with Crippen LogP contribution >= 0.6 is 11.6 Å². The molecule has 1 aromatic carbocycles. The van der Waals surface area contributed by atoms with Crippen LogP contribution in [-0.2, 0) is 9.59 Å². The van der Waals surface area contributed by atoms with Gasteiger partial charge < -0.3 is 16.0 Å². The van der Waals surface area contributed by atoms with Crippen molar-refractivity contribution in [3.63, 3.8) is 0 Å². The molecule has 25 heavy (non-hydrogen) atoms. The van der Waals surface area contributed by atoms with E-state index in [1.807, 2.05) is 13.8 Å². The fraction of sp³-hybridized carbons (Fsp3) is 0.500. The number of hydrogen-bond acceptors (Lipinski definition) is 3. The number of rotatable bonds is 8. The summed E-state index contributed by atoms with van der Waals surface area (Å²) in [5.41, 5.74) is 5.66. The quantitative estimate of drug-likeness (QED) is 0.737. The van der Waals surface area contributed by atoms with E-state index in [1.54, 1.807) is 38.1 Å². The van der Waals surface area contributed by atoms with Crippen molar-refractivity contribution in [1.82, 2.24) is 10.2 Å². The maximum absolute atomic E-state index is 12.9. The lowest BCUT2D eigenvalue weighted by molar-refractivity contribution is -0.139. The number of nitrogens with one attached hydrogen (secondary N) is 1. The lowest BCUT2D eigenvalue weighted by Crippen LogP contribution is -2.55. The molecule has 0 radical (unpaired) electrons. The molecule has 0 spiro atoms. The van der Waals surface area contributed by atoms with Gasteiger partial charge >= 0.3 is 0 Å². The molecule has 0 aliphatic carbocycles. The second kappa shape index (κ2) is 9.42. The van der Waals surface area contributed by atoms with Crippen molar-refractivity contribution >= 4 is 29.3 Å². The van der Waals surface area contributed by atoms with Gasteiger partial charge in [0.25, 0.3) is 5.91 Å². The van der Waals surface area contributed by atoms with E-state index in [0.717, 1.165) is 0 Å². The zero-order valence-electron chi connectivity index (χ0n) is 15.1. The van der Waals surface area contributed by atoms with Gasteiger partial charge in [0.2, 0.25) is 11.8 Å². The van der Waals surface area contributed by atoms with Crippen LogP contribution in [0.4, 0.5) is 0 Å². The molecule has 2 atom stereocenters.